The Morgan fingerprint density at radius 1 is 0.762 bits per heavy atom. The Labute approximate surface area is 124 Å². The van der Waals surface area contributed by atoms with Crippen LogP contribution in [-0.2, 0) is 18.1 Å². The molecule has 0 aromatic rings. The van der Waals surface area contributed by atoms with E-state index >= 15 is 0 Å². The van der Waals surface area contributed by atoms with Crippen LogP contribution in [0.5, 0.6) is 0 Å². The molecule has 128 valence electrons. The van der Waals surface area contributed by atoms with Gasteiger partial charge < -0.3 is 43.7 Å². The summed E-state index contributed by atoms with van der Waals surface area (Å²) >= 11 is 0. The van der Waals surface area contributed by atoms with Crippen LogP contribution in [0.4, 0.5) is 0 Å². The van der Waals surface area contributed by atoms with Crippen molar-refractivity contribution in [1.29, 1.82) is 0 Å². The van der Waals surface area contributed by atoms with Crippen molar-refractivity contribution in [2.24, 2.45) is 0 Å². The maximum absolute atomic E-state index is 8.92. The number of rotatable bonds is 11. The topological polar surface area (TPSA) is 199 Å². The first-order valence-corrected chi connectivity index (χ1v) is 9.74. The van der Waals surface area contributed by atoms with Crippen molar-refractivity contribution in [3.05, 3.63) is 0 Å². The Hall–Kier alpha value is 1.24. The summed E-state index contributed by atoms with van der Waals surface area (Å²) in [6.07, 6.45) is -1.46. The summed E-state index contributed by atoms with van der Waals surface area (Å²) in [5.74, 6) is -2.87. The summed E-state index contributed by atoms with van der Waals surface area (Å²) in [5.41, 5.74) is 0. The molecule has 0 aliphatic heterocycles. The highest BCUT2D eigenvalue weighted by molar-refractivity contribution is 7.41. The highest BCUT2D eigenvalue weighted by Crippen LogP contribution is 2.51. The fourth-order valence-corrected chi connectivity index (χ4v) is 3.14. The molecule has 0 fully saturated rings. The maximum Gasteiger partial charge on any atom is 0.331 e. The van der Waals surface area contributed by atoms with E-state index in [-0.39, 0.29) is 6.42 Å². The zero-order chi connectivity index (χ0) is 16.6. The minimum atomic E-state index is -3.23. The summed E-state index contributed by atoms with van der Waals surface area (Å²) in [6.45, 7) is 1.61. The summed E-state index contributed by atoms with van der Waals surface area (Å²) in [7, 11) is -12.7. The molecule has 0 bridgehead atoms. The average Bonchev–Trinajstić information content (AvgIpc) is 2.24. The fraction of sp³-hybridized carbons (Fsp3) is 1.00. The van der Waals surface area contributed by atoms with Crippen LogP contribution in [0.3, 0.4) is 0 Å². The monoisotopic (exact) mass is 392 g/mol. The van der Waals surface area contributed by atoms with Crippen LogP contribution in [0.25, 0.3) is 0 Å². The second kappa shape index (κ2) is 10.9. The van der Waals surface area contributed by atoms with Crippen LogP contribution in [-0.4, -0.2) is 51.2 Å². The molecule has 0 spiro atoms. The largest absolute Gasteiger partial charge is 0.331 e. The van der Waals surface area contributed by atoms with Gasteiger partial charge in [0.15, 0.2) is 0 Å². The third kappa shape index (κ3) is 9.20. The smallest absolute Gasteiger partial charge is 0.328 e. The summed E-state index contributed by atoms with van der Waals surface area (Å²) < 4.78 is 18.0. The molecule has 0 aliphatic carbocycles. The first-order chi connectivity index (χ1) is 9.62. The molecule has 0 aromatic carbocycles. The quantitative estimate of drug-likeness (QED) is 0.169. The van der Waals surface area contributed by atoms with E-state index in [4.69, 9.17) is 39.1 Å². The Morgan fingerprint density at radius 3 is 1.38 bits per heavy atom. The van der Waals surface area contributed by atoms with Gasteiger partial charge in [-0.25, -0.2) is 0 Å². The van der Waals surface area contributed by atoms with Crippen LogP contribution in [0.15, 0.2) is 0 Å². The molecular formula is C5H16O12P4. The lowest BCUT2D eigenvalue weighted by Crippen LogP contribution is -2.47. The first kappa shape index (κ1) is 22.2. The Bertz CT molecular complexity index is 250. The van der Waals surface area contributed by atoms with Crippen molar-refractivity contribution in [2.75, 3.05) is 0 Å². The molecule has 0 rings (SSSR count). The molecule has 0 amide bonds. The van der Waals surface area contributed by atoms with E-state index in [1.807, 2.05) is 0 Å². The average molecular weight is 392 g/mol. The highest BCUT2D eigenvalue weighted by atomic mass is 31.2. The standard InChI is InChI=1S/C5H16O12P4/c1-2-3-4(14-18(6)7)5(15-19(8)9,16-20(10)11)17-21(12)13/h4,6-13H,2-3H2,1H3. The lowest BCUT2D eigenvalue weighted by molar-refractivity contribution is -0.305. The third-order valence-electron chi connectivity index (χ3n) is 1.79. The van der Waals surface area contributed by atoms with Gasteiger partial charge in [0, 0.05) is 0 Å². The van der Waals surface area contributed by atoms with Gasteiger partial charge in [0.1, 0.15) is 6.10 Å². The SMILES string of the molecule is CCCC(OP(O)O)C(OP(O)O)(OP(O)O)OP(O)O. The fourth-order valence-electron chi connectivity index (χ4n) is 1.24. The van der Waals surface area contributed by atoms with Crippen molar-refractivity contribution in [2.45, 2.75) is 31.8 Å². The van der Waals surface area contributed by atoms with E-state index in [1.54, 1.807) is 6.92 Å². The van der Waals surface area contributed by atoms with Crippen molar-refractivity contribution < 1.29 is 57.2 Å². The van der Waals surface area contributed by atoms with Crippen molar-refractivity contribution in [3.8, 4) is 0 Å². The van der Waals surface area contributed by atoms with Gasteiger partial charge in [-0.2, -0.15) is 0 Å². The molecule has 1 atom stereocenters. The van der Waals surface area contributed by atoms with Gasteiger partial charge >= 0.3 is 40.4 Å². The molecule has 0 aromatic heterocycles. The molecule has 12 nitrogen and oxygen atoms in total. The maximum atomic E-state index is 8.92. The lowest BCUT2D eigenvalue weighted by atomic mass is 10.2. The van der Waals surface area contributed by atoms with Crippen molar-refractivity contribution in [1.82, 2.24) is 0 Å². The molecule has 21 heavy (non-hydrogen) atoms. The zero-order valence-electron chi connectivity index (χ0n) is 10.5. The minimum Gasteiger partial charge on any atom is -0.328 e. The highest BCUT2D eigenvalue weighted by Gasteiger charge is 2.51. The molecule has 0 aliphatic rings. The predicted octanol–water partition coefficient (Wildman–Crippen LogP) is -0.279. The Morgan fingerprint density at radius 2 is 1.14 bits per heavy atom. The Balaban J connectivity index is 5.50. The van der Waals surface area contributed by atoms with Crippen molar-refractivity contribution >= 4 is 34.4 Å². The second-order valence-corrected chi connectivity index (χ2v) is 6.05. The van der Waals surface area contributed by atoms with E-state index in [1.165, 1.54) is 0 Å². The second-order valence-electron chi connectivity index (χ2n) is 3.27. The van der Waals surface area contributed by atoms with E-state index in [2.05, 4.69) is 18.1 Å². The van der Waals surface area contributed by atoms with E-state index in [0.717, 1.165) is 0 Å². The van der Waals surface area contributed by atoms with Crippen LogP contribution >= 0.6 is 34.4 Å². The minimum absolute atomic E-state index is 0.116. The lowest BCUT2D eigenvalue weighted by Gasteiger charge is -2.37. The first-order valence-electron chi connectivity index (χ1n) is 5.08. The molecule has 8 N–H and O–H groups in total. The summed E-state index contributed by atoms with van der Waals surface area (Å²) in [6, 6.07) is 0. The van der Waals surface area contributed by atoms with Gasteiger partial charge in [-0.05, 0) is 6.42 Å². The van der Waals surface area contributed by atoms with Crippen LogP contribution in [0.1, 0.15) is 19.8 Å². The van der Waals surface area contributed by atoms with Gasteiger partial charge in [0.25, 0.3) is 0 Å². The molecule has 0 heterocycles. The zero-order valence-corrected chi connectivity index (χ0v) is 14.1. The van der Waals surface area contributed by atoms with Gasteiger partial charge in [-0.3, -0.25) is 13.6 Å². The van der Waals surface area contributed by atoms with Crippen LogP contribution < -0.4 is 0 Å². The molecule has 1 unspecified atom stereocenters. The normalized spacial score (nSPS) is 14.7. The summed E-state index contributed by atoms with van der Waals surface area (Å²) in [4.78, 5) is 71.3. The van der Waals surface area contributed by atoms with E-state index in [0.29, 0.717) is 6.42 Å². The van der Waals surface area contributed by atoms with E-state index in [9.17, 15) is 0 Å². The molecular weight excluding hydrogens is 376 g/mol. The molecule has 0 saturated heterocycles. The van der Waals surface area contributed by atoms with E-state index < -0.39 is 46.5 Å². The van der Waals surface area contributed by atoms with Gasteiger partial charge in [0.05, 0.1) is 0 Å². The molecule has 0 saturated carbocycles. The predicted molar refractivity (Wildman–Crippen MR) is 71.2 cm³/mol. The van der Waals surface area contributed by atoms with Crippen LogP contribution in [0.2, 0.25) is 0 Å². The summed E-state index contributed by atoms with van der Waals surface area (Å²) in [5, 5.41) is 0. The molecule has 16 heteroatoms. The van der Waals surface area contributed by atoms with Gasteiger partial charge in [-0.15, -0.1) is 0 Å². The van der Waals surface area contributed by atoms with Gasteiger partial charge in [-0.1, -0.05) is 13.3 Å². The van der Waals surface area contributed by atoms with Gasteiger partial charge in [0.2, 0.25) is 0 Å². The third-order valence-corrected chi connectivity index (χ3v) is 3.49. The van der Waals surface area contributed by atoms with Crippen LogP contribution in [0, 0.1) is 0 Å². The number of hydrogen-bond acceptors (Lipinski definition) is 12. The number of hydrogen-bond donors (Lipinski definition) is 8. The molecule has 0 radical (unpaired) electrons. The Kier molecular flexibility index (Phi) is 11.6. The van der Waals surface area contributed by atoms with Crippen molar-refractivity contribution in [3.63, 3.8) is 0 Å².